The quantitative estimate of drug-likeness (QED) is 0.608. The van der Waals surface area contributed by atoms with Gasteiger partial charge < -0.3 is 4.74 Å². The van der Waals surface area contributed by atoms with E-state index in [2.05, 4.69) is 9.88 Å². The van der Waals surface area contributed by atoms with Crippen LogP contribution in [0.25, 0.3) is 10.2 Å². The molecule has 0 aliphatic carbocycles. The molecule has 1 aliphatic rings. The van der Waals surface area contributed by atoms with E-state index in [1.807, 2.05) is 32.0 Å². The molecule has 8 heteroatoms. The molecule has 1 saturated heterocycles. The van der Waals surface area contributed by atoms with Crippen LogP contribution in [0.5, 0.6) is 0 Å². The van der Waals surface area contributed by atoms with Crippen LogP contribution in [0.1, 0.15) is 21.5 Å². The lowest BCUT2D eigenvalue weighted by Gasteiger charge is -2.29. The smallest absolute Gasteiger partial charge is 0.260 e. The average Bonchev–Trinajstić information content (AvgIpc) is 3.14. The molecule has 0 atom stereocenters. The summed E-state index contributed by atoms with van der Waals surface area (Å²) in [6.07, 6.45) is 0. The Balaban J connectivity index is 1.70. The number of hydrogen-bond donors (Lipinski definition) is 0. The zero-order valence-electron chi connectivity index (χ0n) is 17.0. The molecule has 2 aromatic carbocycles. The number of morpholine rings is 1. The van der Waals surface area contributed by atoms with E-state index in [9.17, 15) is 13.6 Å². The van der Waals surface area contributed by atoms with E-state index in [0.29, 0.717) is 41.7 Å². The van der Waals surface area contributed by atoms with Gasteiger partial charge in [-0.25, -0.2) is 13.8 Å². The maximum absolute atomic E-state index is 14.2. The summed E-state index contributed by atoms with van der Waals surface area (Å²) in [6.45, 7) is 7.79. The van der Waals surface area contributed by atoms with Crippen LogP contribution in [-0.4, -0.2) is 55.2 Å². The highest BCUT2D eigenvalue weighted by Gasteiger charge is 2.25. The molecular formula is C22H23F2N3O2S. The average molecular weight is 432 g/mol. The molecule has 30 heavy (non-hydrogen) atoms. The van der Waals surface area contributed by atoms with Crippen molar-refractivity contribution in [3.63, 3.8) is 0 Å². The highest BCUT2D eigenvalue weighted by atomic mass is 32.1. The van der Waals surface area contributed by atoms with Gasteiger partial charge in [0.2, 0.25) is 0 Å². The second kappa shape index (κ2) is 8.75. The molecule has 158 valence electrons. The minimum Gasteiger partial charge on any atom is -0.379 e. The Bertz CT molecular complexity index is 1080. The first kappa shape index (κ1) is 20.8. The van der Waals surface area contributed by atoms with E-state index in [1.165, 1.54) is 6.07 Å². The summed E-state index contributed by atoms with van der Waals surface area (Å²) in [5.74, 6) is -1.57. The molecule has 0 N–H and O–H groups in total. The first-order valence-electron chi connectivity index (χ1n) is 9.87. The van der Waals surface area contributed by atoms with Gasteiger partial charge in [-0.2, -0.15) is 0 Å². The van der Waals surface area contributed by atoms with Crippen molar-refractivity contribution in [1.29, 1.82) is 0 Å². The number of nitrogens with zero attached hydrogens (tertiary/aromatic N) is 3. The maximum Gasteiger partial charge on any atom is 0.260 e. The van der Waals surface area contributed by atoms with Crippen molar-refractivity contribution in [2.75, 3.05) is 44.3 Å². The standard InChI is InChI=1S/C22H23F2N3O2S/c1-14-3-4-15(2)17(11-14)21(28)27(6-5-26-7-9-29-10-8-26)22-25-20-18(24)12-16(23)13-19(20)30-22/h3-4,11-13H,5-10H2,1-2H3. The lowest BCUT2D eigenvalue weighted by atomic mass is 10.0. The summed E-state index contributed by atoms with van der Waals surface area (Å²) < 4.78 is 33.7. The van der Waals surface area contributed by atoms with Crippen molar-refractivity contribution in [3.8, 4) is 0 Å². The van der Waals surface area contributed by atoms with Crippen molar-refractivity contribution in [1.82, 2.24) is 9.88 Å². The number of aromatic nitrogens is 1. The predicted octanol–water partition coefficient (Wildman–Crippen LogP) is 4.17. The number of thiazole rings is 1. The second-order valence-corrected chi connectivity index (χ2v) is 8.47. The SMILES string of the molecule is Cc1ccc(C)c(C(=O)N(CCN2CCOCC2)c2nc3c(F)cc(F)cc3s2)c1. The predicted molar refractivity (Wildman–Crippen MR) is 114 cm³/mol. The molecule has 4 rings (SSSR count). The van der Waals surface area contributed by atoms with Gasteiger partial charge in [0, 0.05) is 37.8 Å². The summed E-state index contributed by atoms with van der Waals surface area (Å²) in [6, 6.07) is 7.79. The largest absolute Gasteiger partial charge is 0.379 e. The third-order valence-corrected chi connectivity index (χ3v) is 6.27. The molecule has 0 saturated carbocycles. The number of hydrogen-bond acceptors (Lipinski definition) is 5. The van der Waals surface area contributed by atoms with Crippen molar-refractivity contribution in [2.45, 2.75) is 13.8 Å². The molecule has 0 bridgehead atoms. The van der Waals surface area contributed by atoms with Gasteiger partial charge in [-0.15, -0.1) is 0 Å². The van der Waals surface area contributed by atoms with Crippen LogP contribution in [0.4, 0.5) is 13.9 Å². The number of halogens is 2. The van der Waals surface area contributed by atoms with Gasteiger partial charge in [-0.3, -0.25) is 14.6 Å². The zero-order valence-corrected chi connectivity index (χ0v) is 17.8. The van der Waals surface area contributed by atoms with Gasteiger partial charge in [0.25, 0.3) is 5.91 Å². The van der Waals surface area contributed by atoms with Crippen LogP contribution in [-0.2, 0) is 4.74 Å². The lowest BCUT2D eigenvalue weighted by Crippen LogP contribution is -2.43. The number of rotatable bonds is 5. The van der Waals surface area contributed by atoms with Crippen LogP contribution in [0.3, 0.4) is 0 Å². The van der Waals surface area contributed by atoms with Crippen LogP contribution >= 0.6 is 11.3 Å². The number of fused-ring (bicyclic) bond motifs is 1. The van der Waals surface area contributed by atoms with E-state index >= 15 is 0 Å². The van der Waals surface area contributed by atoms with Gasteiger partial charge in [-0.1, -0.05) is 29.0 Å². The Hall–Kier alpha value is -2.42. The number of benzene rings is 2. The van der Waals surface area contributed by atoms with Crippen molar-refractivity contribution < 1.29 is 18.3 Å². The van der Waals surface area contributed by atoms with E-state index in [0.717, 1.165) is 41.6 Å². The number of carbonyl (C=O) groups excluding carboxylic acids is 1. The zero-order chi connectivity index (χ0) is 21.3. The summed E-state index contributed by atoms with van der Waals surface area (Å²) in [5.41, 5.74) is 2.51. The normalized spacial score (nSPS) is 14.9. The Morgan fingerprint density at radius 2 is 1.97 bits per heavy atom. The summed E-state index contributed by atoms with van der Waals surface area (Å²) in [7, 11) is 0. The highest BCUT2D eigenvalue weighted by molar-refractivity contribution is 7.22. The topological polar surface area (TPSA) is 45.7 Å². The molecule has 1 aromatic heterocycles. The Kier molecular flexibility index (Phi) is 6.08. The number of carbonyl (C=O) groups is 1. The Morgan fingerprint density at radius 3 is 2.73 bits per heavy atom. The minimum atomic E-state index is -0.722. The second-order valence-electron chi connectivity index (χ2n) is 7.46. The molecule has 0 unspecified atom stereocenters. The van der Waals surface area contributed by atoms with Gasteiger partial charge >= 0.3 is 0 Å². The van der Waals surface area contributed by atoms with Crippen molar-refractivity contribution in [3.05, 3.63) is 58.7 Å². The molecule has 0 radical (unpaired) electrons. The van der Waals surface area contributed by atoms with Crippen LogP contribution < -0.4 is 4.90 Å². The van der Waals surface area contributed by atoms with E-state index in [4.69, 9.17) is 4.74 Å². The Morgan fingerprint density at radius 1 is 1.20 bits per heavy atom. The van der Waals surface area contributed by atoms with E-state index in [1.54, 1.807) is 4.90 Å². The van der Waals surface area contributed by atoms with Crippen molar-refractivity contribution >= 4 is 32.6 Å². The van der Waals surface area contributed by atoms with Crippen molar-refractivity contribution in [2.24, 2.45) is 0 Å². The molecule has 0 spiro atoms. The molecule has 3 aromatic rings. The fourth-order valence-electron chi connectivity index (χ4n) is 3.52. The van der Waals surface area contributed by atoms with Crippen LogP contribution in [0.15, 0.2) is 30.3 Å². The summed E-state index contributed by atoms with van der Waals surface area (Å²) >= 11 is 1.12. The molecule has 5 nitrogen and oxygen atoms in total. The fourth-order valence-corrected chi connectivity index (χ4v) is 4.55. The summed E-state index contributed by atoms with van der Waals surface area (Å²) in [4.78, 5) is 21.7. The first-order chi connectivity index (χ1) is 14.4. The lowest BCUT2D eigenvalue weighted by molar-refractivity contribution is 0.0391. The van der Waals surface area contributed by atoms with Crippen LogP contribution in [0.2, 0.25) is 0 Å². The fraction of sp³-hybridized carbons (Fsp3) is 0.364. The molecule has 2 heterocycles. The first-order valence-corrected chi connectivity index (χ1v) is 10.7. The van der Waals surface area contributed by atoms with Gasteiger partial charge in [0.15, 0.2) is 10.9 Å². The molecule has 1 aliphatic heterocycles. The molecule has 1 fully saturated rings. The number of aryl methyl sites for hydroxylation is 2. The Labute approximate surface area is 177 Å². The van der Waals surface area contributed by atoms with Crippen LogP contribution in [0, 0.1) is 25.5 Å². The summed E-state index contributed by atoms with van der Waals surface area (Å²) in [5, 5.41) is 0.369. The van der Waals surface area contributed by atoms with Gasteiger partial charge in [0.05, 0.1) is 17.9 Å². The maximum atomic E-state index is 14.2. The third-order valence-electron chi connectivity index (χ3n) is 5.24. The third kappa shape index (κ3) is 4.35. The highest BCUT2D eigenvalue weighted by Crippen LogP contribution is 2.32. The van der Waals surface area contributed by atoms with E-state index in [-0.39, 0.29) is 11.4 Å². The molecule has 1 amide bonds. The van der Waals surface area contributed by atoms with E-state index < -0.39 is 11.6 Å². The van der Waals surface area contributed by atoms with Gasteiger partial charge in [0.1, 0.15) is 11.3 Å². The number of ether oxygens (including phenoxy) is 1. The van der Waals surface area contributed by atoms with Gasteiger partial charge in [-0.05, 0) is 31.5 Å². The monoisotopic (exact) mass is 431 g/mol. The minimum absolute atomic E-state index is 0.0848. The number of anilines is 1. The number of amides is 1. The molecular weight excluding hydrogens is 408 g/mol.